The predicted octanol–water partition coefficient (Wildman–Crippen LogP) is 11.9. The van der Waals surface area contributed by atoms with Crippen molar-refractivity contribution in [1.82, 2.24) is 19.5 Å². The van der Waals surface area contributed by atoms with E-state index in [2.05, 4.69) is 59.2 Å². The van der Waals surface area contributed by atoms with Crippen molar-refractivity contribution >= 4 is 59.0 Å². The first-order chi connectivity index (χ1) is 26.1. The fraction of sp³-hybridized carbons (Fsp3) is 0. The van der Waals surface area contributed by atoms with Gasteiger partial charge in [0.2, 0.25) is 0 Å². The molecule has 3 aromatic heterocycles. The Morgan fingerprint density at radius 3 is 1.79 bits per heavy atom. The van der Waals surface area contributed by atoms with E-state index in [0.29, 0.717) is 34.2 Å². The molecule has 250 valence electrons. The minimum absolute atomic E-state index is 0.0177. The van der Waals surface area contributed by atoms with E-state index in [4.69, 9.17) is 15.0 Å². The summed E-state index contributed by atoms with van der Waals surface area (Å²) >= 11 is 1.77. The molecule has 3 heterocycles. The fourth-order valence-corrected chi connectivity index (χ4v) is 8.45. The van der Waals surface area contributed by atoms with Crippen molar-refractivity contribution < 1.29 is 4.92 Å². The normalized spacial score (nSPS) is 11.5. The average Bonchev–Trinajstić information content (AvgIpc) is 3.75. The summed E-state index contributed by atoms with van der Waals surface area (Å²) in [5.74, 6) is 1.55. The SMILES string of the molecule is O=[N+]([O-])c1ccccc1-c1cc(-c2nc(-c3ccccc3)nc(-c3ccccc3)n2)ccc1-n1c2ccccc2c2cc3c(cc21)sc1ccccc13. The molecule has 0 aliphatic heterocycles. The Morgan fingerprint density at radius 2 is 1.08 bits per heavy atom. The van der Waals surface area contributed by atoms with Crippen LogP contribution in [0.2, 0.25) is 0 Å². The lowest BCUT2D eigenvalue weighted by Crippen LogP contribution is -2.02. The highest BCUT2D eigenvalue weighted by molar-refractivity contribution is 7.25. The van der Waals surface area contributed by atoms with Gasteiger partial charge in [0, 0.05) is 59.3 Å². The molecule has 0 unspecified atom stereocenters. The fourth-order valence-electron chi connectivity index (χ4n) is 7.33. The molecule has 0 atom stereocenters. The maximum atomic E-state index is 12.6. The van der Waals surface area contributed by atoms with Gasteiger partial charge in [-0.25, -0.2) is 15.0 Å². The number of thiophene rings is 1. The lowest BCUT2D eigenvalue weighted by molar-refractivity contribution is -0.384. The molecule has 0 aliphatic rings. The van der Waals surface area contributed by atoms with Crippen molar-refractivity contribution in [3.63, 3.8) is 0 Å². The van der Waals surface area contributed by atoms with Crippen LogP contribution >= 0.6 is 11.3 Å². The van der Waals surface area contributed by atoms with Gasteiger partial charge in [0.25, 0.3) is 5.69 Å². The highest BCUT2D eigenvalue weighted by Gasteiger charge is 2.23. The van der Waals surface area contributed by atoms with Crippen molar-refractivity contribution in [2.24, 2.45) is 0 Å². The van der Waals surface area contributed by atoms with Crippen LogP contribution in [0.4, 0.5) is 5.69 Å². The molecule has 0 saturated heterocycles. The molecule has 7 aromatic carbocycles. The van der Waals surface area contributed by atoms with Crippen molar-refractivity contribution in [2.75, 3.05) is 0 Å². The Balaban J connectivity index is 1.27. The lowest BCUT2D eigenvalue weighted by Gasteiger charge is -2.16. The van der Waals surface area contributed by atoms with Crippen LogP contribution in [-0.4, -0.2) is 24.4 Å². The molecule has 8 heteroatoms. The molecule has 7 nitrogen and oxygen atoms in total. The van der Waals surface area contributed by atoms with E-state index in [-0.39, 0.29) is 10.6 Å². The van der Waals surface area contributed by atoms with Gasteiger partial charge in [-0.3, -0.25) is 10.1 Å². The van der Waals surface area contributed by atoms with Gasteiger partial charge in [-0.05, 0) is 48.5 Å². The number of rotatable bonds is 6. The Morgan fingerprint density at radius 1 is 0.472 bits per heavy atom. The minimum Gasteiger partial charge on any atom is -0.309 e. The summed E-state index contributed by atoms with van der Waals surface area (Å²) in [6, 6.07) is 54.0. The average molecular weight is 702 g/mol. The van der Waals surface area contributed by atoms with Gasteiger partial charge in [-0.15, -0.1) is 11.3 Å². The number of aromatic nitrogens is 4. The number of hydrogen-bond acceptors (Lipinski definition) is 6. The molecule has 0 fully saturated rings. The zero-order valence-corrected chi connectivity index (χ0v) is 28.9. The van der Waals surface area contributed by atoms with Crippen LogP contribution < -0.4 is 0 Å². The summed E-state index contributed by atoms with van der Waals surface area (Å²) in [6.07, 6.45) is 0. The monoisotopic (exact) mass is 701 g/mol. The summed E-state index contributed by atoms with van der Waals surface area (Å²) in [5.41, 5.74) is 6.50. The van der Waals surface area contributed by atoms with Crippen LogP contribution in [0.5, 0.6) is 0 Å². The number of nitrogens with zero attached hydrogens (tertiary/aromatic N) is 5. The van der Waals surface area contributed by atoms with E-state index < -0.39 is 0 Å². The summed E-state index contributed by atoms with van der Waals surface area (Å²) in [7, 11) is 0. The number of fused-ring (bicyclic) bond motifs is 6. The smallest absolute Gasteiger partial charge is 0.277 e. The van der Waals surface area contributed by atoms with Crippen LogP contribution in [0.25, 0.3) is 93.0 Å². The number of benzene rings is 7. The topological polar surface area (TPSA) is 86.7 Å². The zero-order valence-electron chi connectivity index (χ0n) is 28.0. The predicted molar refractivity (Wildman–Crippen MR) is 215 cm³/mol. The van der Waals surface area contributed by atoms with Crippen LogP contribution in [0, 0.1) is 10.1 Å². The van der Waals surface area contributed by atoms with Gasteiger partial charge in [0.1, 0.15) is 0 Å². The second-order valence-electron chi connectivity index (χ2n) is 12.9. The Labute approximate surface area is 307 Å². The second-order valence-corrected chi connectivity index (χ2v) is 13.9. The molecular formula is C45H27N5O2S. The molecule has 0 N–H and O–H groups in total. The molecule has 0 bridgehead atoms. The molecule has 0 aliphatic carbocycles. The molecule has 0 spiro atoms. The maximum Gasteiger partial charge on any atom is 0.277 e. The highest BCUT2D eigenvalue weighted by Crippen LogP contribution is 2.44. The van der Waals surface area contributed by atoms with Gasteiger partial charge >= 0.3 is 0 Å². The third kappa shape index (κ3) is 5.15. The van der Waals surface area contributed by atoms with Crippen LogP contribution in [0.15, 0.2) is 164 Å². The van der Waals surface area contributed by atoms with Gasteiger partial charge in [0.15, 0.2) is 17.5 Å². The van der Waals surface area contributed by atoms with Crippen LogP contribution in [0.3, 0.4) is 0 Å². The van der Waals surface area contributed by atoms with E-state index in [1.54, 1.807) is 23.5 Å². The third-order valence-corrected chi connectivity index (χ3v) is 10.9. The van der Waals surface area contributed by atoms with E-state index in [0.717, 1.165) is 38.6 Å². The van der Waals surface area contributed by atoms with Crippen LogP contribution in [-0.2, 0) is 0 Å². The van der Waals surface area contributed by atoms with E-state index in [9.17, 15) is 10.1 Å². The first kappa shape index (κ1) is 30.8. The Kier molecular flexibility index (Phi) is 7.16. The number of nitro benzene ring substituents is 1. The first-order valence-corrected chi connectivity index (χ1v) is 18.0. The number of hydrogen-bond donors (Lipinski definition) is 0. The minimum atomic E-state index is -0.317. The Hall–Kier alpha value is -7.03. The van der Waals surface area contributed by atoms with Gasteiger partial charge in [-0.2, -0.15) is 0 Å². The Bertz CT molecular complexity index is 2990. The summed E-state index contributed by atoms with van der Waals surface area (Å²) < 4.78 is 4.65. The van der Waals surface area contributed by atoms with Crippen molar-refractivity contribution in [3.05, 3.63) is 174 Å². The van der Waals surface area contributed by atoms with Crippen molar-refractivity contribution in [3.8, 4) is 51.0 Å². The van der Waals surface area contributed by atoms with Crippen molar-refractivity contribution in [1.29, 1.82) is 0 Å². The van der Waals surface area contributed by atoms with E-state index in [1.165, 1.54) is 20.2 Å². The largest absolute Gasteiger partial charge is 0.309 e. The number of nitro groups is 1. The molecule has 10 rings (SSSR count). The molecule has 53 heavy (non-hydrogen) atoms. The lowest BCUT2D eigenvalue weighted by atomic mass is 9.98. The van der Waals surface area contributed by atoms with Crippen LogP contribution in [0.1, 0.15) is 0 Å². The summed E-state index contributed by atoms with van der Waals surface area (Å²) in [5, 5.41) is 17.2. The number of para-hydroxylation sites is 2. The summed E-state index contributed by atoms with van der Waals surface area (Å²) in [4.78, 5) is 27.1. The van der Waals surface area contributed by atoms with Crippen molar-refractivity contribution in [2.45, 2.75) is 0 Å². The summed E-state index contributed by atoms with van der Waals surface area (Å²) in [6.45, 7) is 0. The van der Waals surface area contributed by atoms with E-state index in [1.807, 2.05) is 97.1 Å². The van der Waals surface area contributed by atoms with Gasteiger partial charge in [0.05, 0.1) is 27.2 Å². The maximum absolute atomic E-state index is 12.6. The molecule has 0 radical (unpaired) electrons. The van der Waals surface area contributed by atoms with Gasteiger partial charge < -0.3 is 4.57 Å². The zero-order chi connectivity index (χ0) is 35.5. The molecule has 0 amide bonds. The molecule has 10 aromatic rings. The molecular weight excluding hydrogens is 675 g/mol. The first-order valence-electron chi connectivity index (χ1n) is 17.2. The third-order valence-electron chi connectivity index (χ3n) is 9.76. The van der Waals surface area contributed by atoms with Gasteiger partial charge in [-0.1, -0.05) is 109 Å². The highest BCUT2D eigenvalue weighted by atomic mass is 32.1. The second kappa shape index (κ2) is 12.3. The quantitative estimate of drug-likeness (QED) is 0.127. The standard InChI is InChI=1S/C45H27N5O2S/c51-50(52)39-21-11-8-18-32(39)34-25-30(45-47-43(28-13-3-1-4-14-28)46-44(48-45)29-15-5-2-6-16-29)23-24-38(34)49-37-20-10-7-17-31(37)35-26-36-33-19-9-12-22-41(33)53-42(36)27-40(35)49/h1-27H. The molecule has 0 saturated carbocycles. The van der Waals surface area contributed by atoms with E-state index >= 15 is 0 Å².